The van der Waals surface area contributed by atoms with Crippen LogP contribution in [0.5, 0.6) is 0 Å². The van der Waals surface area contributed by atoms with Gasteiger partial charge < -0.3 is 15.5 Å². The standard InChI is InChI=1S/C15H13ClF3N3O4/c1-14(26,13(24)25)7-20-10-6-21-22(12(23)11(10)16)9-4-2-3-8(5-9)15(17,18)19/h2-6,20,26H,7H2,1H3,(H,24,25). The van der Waals surface area contributed by atoms with Gasteiger partial charge in [-0.1, -0.05) is 17.7 Å². The number of hydrogen-bond donors (Lipinski definition) is 3. The molecule has 0 aliphatic rings. The van der Waals surface area contributed by atoms with Crippen molar-refractivity contribution < 1.29 is 28.2 Å². The van der Waals surface area contributed by atoms with Crippen LogP contribution in [0.4, 0.5) is 18.9 Å². The first-order valence-corrected chi connectivity index (χ1v) is 7.46. The number of rotatable bonds is 5. The predicted octanol–water partition coefficient (Wildman–Crippen LogP) is 2.15. The zero-order valence-electron chi connectivity index (χ0n) is 13.2. The number of aliphatic carboxylic acids is 1. The molecular weight excluding hydrogens is 379 g/mol. The largest absolute Gasteiger partial charge is 0.479 e. The molecule has 0 radical (unpaired) electrons. The fraction of sp³-hybridized carbons (Fsp3) is 0.267. The molecule has 0 aliphatic heterocycles. The van der Waals surface area contributed by atoms with Gasteiger partial charge in [-0.25, -0.2) is 4.79 Å². The molecule has 1 atom stereocenters. The molecule has 0 saturated carbocycles. The maximum absolute atomic E-state index is 12.8. The average Bonchev–Trinajstić information content (AvgIpc) is 2.55. The Balaban J connectivity index is 2.36. The van der Waals surface area contributed by atoms with Gasteiger partial charge in [0, 0.05) is 0 Å². The van der Waals surface area contributed by atoms with Crippen LogP contribution in [0, 0.1) is 0 Å². The number of halogens is 4. The Hall–Kier alpha value is -2.59. The number of carbonyl (C=O) groups is 1. The minimum Gasteiger partial charge on any atom is -0.479 e. The fourth-order valence-electron chi connectivity index (χ4n) is 1.90. The third-order valence-corrected chi connectivity index (χ3v) is 3.79. The third kappa shape index (κ3) is 4.14. The van der Waals surface area contributed by atoms with Crippen molar-refractivity contribution in [3.63, 3.8) is 0 Å². The molecule has 0 bridgehead atoms. The normalized spacial score (nSPS) is 13.9. The van der Waals surface area contributed by atoms with E-state index in [1.165, 1.54) is 6.07 Å². The summed E-state index contributed by atoms with van der Waals surface area (Å²) in [5, 5.41) is 24.3. The molecule has 1 unspecified atom stereocenters. The van der Waals surface area contributed by atoms with E-state index in [2.05, 4.69) is 10.4 Å². The van der Waals surface area contributed by atoms with Crippen LogP contribution in [-0.4, -0.2) is 38.1 Å². The summed E-state index contributed by atoms with van der Waals surface area (Å²) in [7, 11) is 0. The van der Waals surface area contributed by atoms with Gasteiger partial charge in [-0.3, -0.25) is 4.79 Å². The quantitative estimate of drug-likeness (QED) is 0.721. The average molecular weight is 392 g/mol. The van der Waals surface area contributed by atoms with Crippen molar-refractivity contribution in [2.45, 2.75) is 18.7 Å². The molecule has 1 heterocycles. The highest BCUT2D eigenvalue weighted by atomic mass is 35.5. The number of carboxylic acids is 1. The van der Waals surface area contributed by atoms with Crippen molar-refractivity contribution in [3.05, 3.63) is 51.4 Å². The van der Waals surface area contributed by atoms with E-state index < -0.39 is 40.4 Å². The summed E-state index contributed by atoms with van der Waals surface area (Å²) in [4.78, 5) is 23.1. The van der Waals surface area contributed by atoms with Gasteiger partial charge in [0.15, 0.2) is 5.60 Å². The summed E-state index contributed by atoms with van der Waals surface area (Å²) in [6.45, 7) is 0.560. The second-order valence-corrected chi connectivity index (χ2v) is 5.95. The molecular formula is C15H13ClF3N3O4. The van der Waals surface area contributed by atoms with Gasteiger partial charge >= 0.3 is 12.1 Å². The topological polar surface area (TPSA) is 104 Å². The molecule has 0 spiro atoms. The SMILES string of the molecule is CC(O)(CNc1cnn(-c2cccc(C(F)(F)F)c2)c(=O)c1Cl)C(=O)O. The molecule has 140 valence electrons. The van der Waals surface area contributed by atoms with Crippen LogP contribution in [0.1, 0.15) is 12.5 Å². The van der Waals surface area contributed by atoms with E-state index in [0.29, 0.717) is 4.68 Å². The highest BCUT2D eigenvalue weighted by molar-refractivity contribution is 6.32. The Morgan fingerprint density at radius 1 is 1.38 bits per heavy atom. The minimum absolute atomic E-state index is 0.0681. The fourth-order valence-corrected chi connectivity index (χ4v) is 2.09. The Kier molecular flexibility index (Phi) is 5.28. The second kappa shape index (κ2) is 6.96. The number of hydrogen-bond acceptors (Lipinski definition) is 5. The number of carboxylic acid groups (broad SMARTS) is 1. The Morgan fingerprint density at radius 2 is 2.04 bits per heavy atom. The van der Waals surface area contributed by atoms with Crippen LogP contribution in [0.2, 0.25) is 5.02 Å². The lowest BCUT2D eigenvalue weighted by atomic mass is 10.1. The first-order chi connectivity index (χ1) is 11.9. The lowest BCUT2D eigenvalue weighted by molar-refractivity contribution is -0.155. The number of nitrogens with zero attached hydrogens (tertiary/aromatic N) is 2. The minimum atomic E-state index is -4.59. The van der Waals surface area contributed by atoms with Gasteiger partial charge in [-0.05, 0) is 25.1 Å². The van der Waals surface area contributed by atoms with Crippen molar-refractivity contribution in [1.29, 1.82) is 0 Å². The summed E-state index contributed by atoms with van der Waals surface area (Å²) in [5.74, 6) is -1.49. The zero-order chi connectivity index (χ0) is 19.7. The van der Waals surface area contributed by atoms with Gasteiger partial charge in [-0.15, -0.1) is 0 Å². The van der Waals surface area contributed by atoms with Crippen LogP contribution in [0.25, 0.3) is 5.69 Å². The van der Waals surface area contributed by atoms with Crippen molar-refractivity contribution in [1.82, 2.24) is 9.78 Å². The molecule has 2 aromatic rings. The first kappa shape index (κ1) is 19.7. The van der Waals surface area contributed by atoms with E-state index in [9.17, 15) is 27.9 Å². The van der Waals surface area contributed by atoms with Gasteiger partial charge in [0.1, 0.15) is 5.02 Å². The van der Waals surface area contributed by atoms with Gasteiger partial charge in [0.2, 0.25) is 0 Å². The molecule has 11 heteroatoms. The van der Waals surface area contributed by atoms with Crippen molar-refractivity contribution in [2.75, 3.05) is 11.9 Å². The van der Waals surface area contributed by atoms with Crippen molar-refractivity contribution in [3.8, 4) is 5.69 Å². The highest BCUT2D eigenvalue weighted by Crippen LogP contribution is 2.30. The van der Waals surface area contributed by atoms with Crippen LogP contribution in [-0.2, 0) is 11.0 Å². The molecule has 26 heavy (non-hydrogen) atoms. The molecule has 3 N–H and O–H groups in total. The number of benzene rings is 1. The molecule has 1 aromatic heterocycles. The number of nitrogens with one attached hydrogen (secondary N) is 1. The Bertz CT molecular complexity index is 896. The molecule has 0 fully saturated rings. The highest BCUT2D eigenvalue weighted by Gasteiger charge is 2.31. The maximum Gasteiger partial charge on any atom is 0.416 e. The van der Waals surface area contributed by atoms with Gasteiger partial charge in [-0.2, -0.15) is 23.0 Å². The first-order valence-electron chi connectivity index (χ1n) is 7.08. The number of alkyl halides is 3. The lowest BCUT2D eigenvalue weighted by Crippen LogP contribution is -2.42. The summed E-state index contributed by atoms with van der Waals surface area (Å²) in [6, 6.07) is 3.96. The monoisotopic (exact) mass is 391 g/mol. The van der Waals surface area contributed by atoms with Crippen LogP contribution in [0.3, 0.4) is 0 Å². The lowest BCUT2D eigenvalue weighted by Gasteiger charge is -2.19. The Morgan fingerprint density at radius 3 is 2.62 bits per heavy atom. The molecule has 2 rings (SSSR count). The molecule has 0 amide bonds. The predicted molar refractivity (Wildman–Crippen MR) is 86.6 cm³/mol. The summed E-state index contributed by atoms with van der Waals surface area (Å²) in [5.41, 5.74) is -4.21. The summed E-state index contributed by atoms with van der Waals surface area (Å²) < 4.78 is 39.0. The van der Waals surface area contributed by atoms with Crippen molar-refractivity contribution in [2.24, 2.45) is 0 Å². The smallest absolute Gasteiger partial charge is 0.416 e. The third-order valence-electron chi connectivity index (χ3n) is 3.42. The van der Waals surface area contributed by atoms with Crippen LogP contribution in [0.15, 0.2) is 35.3 Å². The number of aromatic nitrogens is 2. The van der Waals surface area contributed by atoms with E-state index in [1.807, 2.05) is 0 Å². The van der Waals surface area contributed by atoms with Crippen LogP contribution >= 0.6 is 11.6 Å². The van der Waals surface area contributed by atoms with E-state index in [-0.39, 0.29) is 11.4 Å². The number of anilines is 1. The molecule has 1 aromatic carbocycles. The summed E-state index contributed by atoms with van der Waals surface area (Å²) in [6.07, 6.45) is -3.55. The second-order valence-electron chi connectivity index (χ2n) is 5.57. The van der Waals surface area contributed by atoms with E-state index in [4.69, 9.17) is 16.7 Å². The van der Waals surface area contributed by atoms with Crippen LogP contribution < -0.4 is 10.9 Å². The van der Waals surface area contributed by atoms with E-state index >= 15 is 0 Å². The van der Waals surface area contributed by atoms with Gasteiger partial charge in [0.25, 0.3) is 5.56 Å². The summed E-state index contributed by atoms with van der Waals surface area (Å²) >= 11 is 5.90. The van der Waals surface area contributed by atoms with Gasteiger partial charge in [0.05, 0.1) is 29.7 Å². The molecule has 7 nitrogen and oxygen atoms in total. The Labute approximate surface area is 149 Å². The van der Waals surface area contributed by atoms with Crippen molar-refractivity contribution >= 4 is 23.3 Å². The maximum atomic E-state index is 12.8. The number of aliphatic hydroxyl groups is 1. The molecule has 0 saturated heterocycles. The zero-order valence-corrected chi connectivity index (χ0v) is 14.0. The van der Waals surface area contributed by atoms with E-state index in [1.54, 1.807) is 0 Å². The molecule has 0 aliphatic carbocycles. The van der Waals surface area contributed by atoms with E-state index in [0.717, 1.165) is 31.3 Å².